The van der Waals surface area contributed by atoms with Gasteiger partial charge in [0, 0.05) is 19.2 Å². The van der Waals surface area contributed by atoms with Gasteiger partial charge in [0.2, 0.25) is 0 Å². The number of rotatable bonds is 4. The number of ether oxygens (including phenoxy) is 1. The van der Waals surface area contributed by atoms with E-state index < -0.39 is 12.5 Å². The lowest BCUT2D eigenvalue weighted by atomic mass is 9.94. The molecule has 2 N–H and O–H groups in total. The molecule has 2 rings (SSSR count). The second-order valence-corrected chi connectivity index (χ2v) is 5.17. The van der Waals surface area contributed by atoms with Crippen LogP contribution < -0.4 is 5.73 Å². The number of allylic oxidation sites excluding steroid dienone is 1. The Hall–Kier alpha value is -1.95. The summed E-state index contributed by atoms with van der Waals surface area (Å²) in [6, 6.07) is 4.87. The van der Waals surface area contributed by atoms with Gasteiger partial charge in [0.15, 0.2) is 6.29 Å². The van der Waals surface area contributed by atoms with Crippen LogP contribution in [-0.2, 0) is 22.0 Å². The molecule has 1 aliphatic rings. The van der Waals surface area contributed by atoms with Gasteiger partial charge in [-0.05, 0) is 12.5 Å². The third-order valence-corrected chi connectivity index (χ3v) is 3.53. The van der Waals surface area contributed by atoms with Crippen LogP contribution in [-0.4, -0.2) is 31.4 Å². The minimum absolute atomic E-state index is 0.0157. The Morgan fingerprint density at radius 2 is 2.24 bits per heavy atom. The molecule has 0 aromatic heterocycles. The van der Waals surface area contributed by atoms with E-state index in [-0.39, 0.29) is 24.4 Å². The SMILES string of the molecule is COC/C(=C(/N)C=O)N1Cc2cc(C)ccc2C(F)(F)C1. The maximum absolute atomic E-state index is 14.3. The van der Waals surface area contributed by atoms with Gasteiger partial charge >= 0.3 is 0 Å². The van der Waals surface area contributed by atoms with Crippen LogP contribution >= 0.6 is 0 Å². The van der Waals surface area contributed by atoms with Crippen molar-refractivity contribution in [1.82, 2.24) is 4.90 Å². The van der Waals surface area contributed by atoms with Crippen LogP contribution in [0, 0.1) is 6.92 Å². The van der Waals surface area contributed by atoms with E-state index >= 15 is 0 Å². The average molecular weight is 296 g/mol. The highest BCUT2D eigenvalue weighted by Crippen LogP contribution is 2.38. The summed E-state index contributed by atoms with van der Waals surface area (Å²) in [6.45, 7) is 1.63. The van der Waals surface area contributed by atoms with E-state index in [0.29, 0.717) is 17.5 Å². The first-order valence-electron chi connectivity index (χ1n) is 6.54. The van der Waals surface area contributed by atoms with Gasteiger partial charge in [-0.25, -0.2) is 0 Å². The molecule has 1 aromatic rings. The zero-order chi connectivity index (χ0) is 15.6. The van der Waals surface area contributed by atoms with Crippen molar-refractivity contribution in [2.24, 2.45) is 5.73 Å². The Kier molecular flexibility index (Phi) is 4.27. The van der Waals surface area contributed by atoms with Crippen LogP contribution in [0.15, 0.2) is 29.6 Å². The topological polar surface area (TPSA) is 55.6 Å². The highest BCUT2D eigenvalue weighted by atomic mass is 19.3. The number of benzene rings is 1. The van der Waals surface area contributed by atoms with E-state index in [9.17, 15) is 13.6 Å². The summed E-state index contributed by atoms with van der Waals surface area (Å²) in [5.41, 5.74) is 7.31. The summed E-state index contributed by atoms with van der Waals surface area (Å²) < 4.78 is 33.6. The molecule has 21 heavy (non-hydrogen) atoms. The van der Waals surface area contributed by atoms with Gasteiger partial charge in [0.1, 0.15) is 0 Å². The number of fused-ring (bicyclic) bond motifs is 1. The lowest BCUT2D eigenvalue weighted by molar-refractivity contribution is -0.105. The van der Waals surface area contributed by atoms with Gasteiger partial charge < -0.3 is 15.4 Å². The van der Waals surface area contributed by atoms with Crippen LogP contribution in [0.3, 0.4) is 0 Å². The Morgan fingerprint density at radius 3 is 2.86 bits per heavy atom. The fourth-order valence-electron chi connectivity index (χ4n) is 2.55. The van der Waals surface area contributed by atoms with Gasteiger partial charge in [-0.3, -0.25) is 4.79 Å². The number of methoxy groups -OCH3 is 1. The van der Waals surface area contributed by atoms with Crippen molar-refractivity contribution in [3.8, 4) is 0 Å². The lowest BCUT2D eigenvalue weighted by Gasteiger charge is -2.37. The Morgan fingerprint density at radius 1 is 1.52 bits per heavy atom. The Bertz CT molecular complexity index is 585. The number of alkyl halides is 2. The van der Waals surface area contributed by atoms with Crippen LogP contribution in [0.4, 0.5) is 8.78 Å². The van der Waals surface area contributed by atoms with E-state index in [1.165, 1.54) is 18.1 Å². The van der Waals surface area contributed by atoms with Crippen molar-refractivity contribution in [3.05, 3.63) is 46.3 Å². The number of carbonyl (C=O) groups excluding carboxylic acids is 1. The first kappa shape index (κ1) is 15.4. The minimum atomic E-state index is -3.00. The number of carbonyl (C=O) groups is 1. The number of hydrogen-bond acceptors (Lipinski definition) is 4. The van der Waals surface area contributed by atoms with Gasteiger partial charge in [-0.1, -0.05) is 23.8 Å². The molecule has 1 aromatic carbocycles. The summed E-state index contributed by atoms with van der Waals surface area (Å²) in [7, 11) is 1.43. The molecule has 0 aliphatic carbocycles. The van der Waals surface area contributed by atoms with E-state index in [1.807, 2.05) is 6.92 Å². The molecular weight excluding hydrogens is 278 g/mol. The predicted octanol–water partition coefficient (Wildman–Crippen LogP) is 1.92. The molecule has 0 saturated carbocycles. The van der Waals surface area contributed by atoms with Gasteiger partial charge in [0.25, 0.3) is 5.92 Å². The third kappa shape index (κ3) is 3.05. The van der Waals surface area contributed by atoms with Gasteiger partial charge in [-0.2, -0.15) is 8.78 Å². The molecule has 0 spiro atoms. The maximum atomic E-state index is 14.3. The molecule has 1 heterocycles. The molecular formula is C15H18F2N2O2. The van der Waals surface area contributed by atoms with Gasteiger partial charge in [0.05, 0.1) is 24.5 Å². The second-order valence-electron chi connectivity index (χ2n) is 5.17. The first-order chi connectivity index (χ1) is 9.89. The molecule has 0 bridgehead atoms. The molecule has 0 radical (unpaired) electrons. The van der Waals surface area contributed by atoms with Crippen LogP contribution in [0.5, 0.6) is 0 Å². The molecule has 1 aliphatic heterocycles. The van der Waals surface area contributed by atoms with Crippen molar-refractivity contribution in [2.45, 2.75) is 19.4 Å². The predicted molar refractivity (Wildman–Crippen MR) is 74.6 cm³/mol. The number of aldehydes is 1. The monoisotopic (exact) mass is 296 g/mol. The minimum Gasteiger partial charge on any atom is -0.395 e. The smallest absolute Gasteiger partial charge is 0.290 e. The Balaban J connectivity index is 2.44. The zero-order valence-electron chi connectivity index (χ0n) is 12.0. The van der Waals surface area contributed by atoms with Crippen molar-refractivity contribution >= 4 is 6.29 Å². The van der Waals surface area contributed by atoms with Crippen LogP contribution in [0.1, 0.15) is 16.7 Å². The summed E-state index contributed by atoms with van der Waals surface area (Å²) in [4.78, 5) is 12.3. The molecule has 0 saturated heterocycles. The third-order valence-electron chi connectivity index (χ3n) is 3.53. The van der Waals surface area contributed by atoms with Crippen molar-refractivity contribution in [2.75, 3.05) is 20.3 Å². The number of aryl methyl sites for hydroxylation is 1. The first-order valence-corrected chi connectivity index (χ1v) is 6.54. The largest absolute Gasteiger partial charge is 0.395 e. The summed E-state index contributed by atoms with van der Waals surface area (Å²) >= 11 is 0. The summed E-state index contributed by atoms with van der Waals surface area (Å²) in [5, 5.41) is 0. The zero-order valence-corrected chi connectivity index (χ0v) is 12.0. The average Bonchev–Trinajstić information content (AvgIpc) is 2.42. The lowest BCUT2D eigenvalue weighted by Crippen LogP contribution is -2.42. The highest BCUT2D eigenvalue weighted by molar-refractivity contribution is 5.73. The van der Waals surface area contributed by atoms with E-state index in [2.05, 4.69) is 0 Å². The maximum Gasteiger partial charge on any atom is 0.290 e. The molecule has 0 unspecified atom stereocenters. The number of hydrogen-bond donors (Lipinski definition) is 1. The van der Waals surface area contributed by atoms with Crippen LogP contribution in [0.2, 0.25) is 0 Å². The number of nitrogens with two attached hydrogens (primary N) is 1. The summed E-state index contributed by atoms with van der Waals surface area (Å²) in [5.74, 6) is -3.00. The molecule has 4 nitrogen and oxygen atoms in total. The molecule has 6 heteroatoms. The second kappa shape index (κ2) is 5.81. The quantitative estimate of drug-likeness (QED) is 0.681. The van der Waals surface area contributed by atoms with Crippen molar-refractivity contribution in [1.29, 1.82) is 0 Å². The standard InChI is InChI=1S/C15H18F2N2O2/c1-10-3-4-12-11(5-10)6-19(9-15(12,16)17)14(8-21-2)13(18)7-20/h3-5,7H,6,8-9,18H2,1-2H3/b14-13-. The Labute approximate surface area is 122 Å². The van der Waals surface area contributed by atoms with E-state index in [4.69, 9.17) is 10.5 Å². The highest BCUT2D eigenvalue weighted by Gasteiger charge is 2.41. The van der Waals surface area contributed by atoms with Crippen molar-refractivity contribution < 1.29 is 18.3 Å². The molecule has 0 fully saturated rings. The fraction of sp³-hybridized carbons (Fsp3) is 0.400. The van der Waals surface area contributed by atoms with E-state index in [0.717, 1.165) is 5.56 Å². The van der Waals surface area contributed by atoms with Crippen molar-refractivity contribution in [3.63, 3.8) is 0 Å². The molecule has 0 atom stereocenters. The van der Waals surface area contributed by atoms with E-state index in [1.54, 1.807) is 12.1 Å². The fourth-order valence-corrected chi connectivity index (χ4v) is 2.55. The van der Waals surface area contributed by atoms with Crippen LogP contribution in [0.25, 0.3) is 0 Å². The molecule has 114 valence electrons. The van der Waals surface area contributed by atoms with Gasteiger partial charge in [-0.15, -0.1) is 0 Å². The summed E-state index contributed by atoms with van der Waals surface area (Å²) in [6.07, 6.45) is 0.457. The number of nitrogens with zero attached hydrogens (tertiary/aromatic N) is 1. The molecule has 0 amide bonds. The normalized spacial score (nSPS) is 18.0. The number of halogens is 2.